The molecule has 0 heterocycles. The number of nitrogens with zero attached hydrogens (tertiary/aromatic N) is 1. The zero-order chi connectivity index (χ0) is 11.3. The lowest BCUT2D eigenvalue weighted by atomic mass is 10.2. The Morgan fingerprint density at radius 1 is 1.33 bits per heavy atom. The van der Waals surface area contributed by atoms with Gasteiger partial charge in [-0.2, -0.15) is 0 Å². The molecule has 15 heavy (non-hydrogen) atoms. The van der Waals surface area contributed by atoms with Crippen LogP contribution in [0.2, 0.25) is 0 Å². The molecule has 0 saturated carbocycles. The second-order valence-corrected chi connectivity index (χ2v) is 4.07. The minimum atomic E-state index is 0.363. The van der Waals surface area contributed by atoms with Crippen LogP contribution in [0, 0.1) is 0 Å². The highest BCUT2D eigenvalue weighted by Gasteiger charge is 2.04. The fraction of sp³-hybridized carbons (Fsp3) is 0.500. The van der Waals surface area contributed by atoms with Gasteiger partial charge in [0.2, 0.25) is 0 Å². The lowest BCUT2D eigenvalue weighted by Gasteiger charge is -2.20. The van der Waals surface area contributed by atoms with Crippen molar-refractivity contribution < 1.29 is 5.11 Å². The third-order valence-corrected chi connectivity index (χ3v) is 2.63. The Bertz CT molecular complexity index is 299. The molecule has 1 rings (SSSR count). The molecule has 1 aromatic rings. The second-order valence-electron chi connectivity index (χ2n) is 4.07. The van der Waals surface area contributed by atoms with Gasteiger partial charge < -0.3 is 15.3 Å². The average Bonchev–Trinajstić information content (AvgIpc) is 2.20. The summed E-state index contributed by atoms with van der Waals surface area (Å²) in [6.45, 7) is 3.80. The van der Waals surface area contributed by atoms with E-state index in [1.54, 1.807) is 6.07 Å². The molecule has 3 nitrogen and oxygen atoms in total. The number of nitrogens with one attached hydrogen (secondary N) is 1. The van der Waals surface area contributed by atoms with Crippen LogP contribution in [-0.4, -0.2) is 36.7 Å². The van der Waals surface area contributed by atoms with Gasteiger partial charge in [0.25, 0.3) is 0 Å². The first-order valence-corrected chi connectivity index (χ1v) is 5.25. The molecule has 0 radical (unpaired) electrons. The van der Waals surface area contributed by atoms with Gasteiger partial charge in [-0.1, -0.05) is 18.2 Å². The van der Waals surface area contributed by atoms with Crippen molar-refractivity contribution in [3.05, 3.63) is 29.8 Å². The predicted molar refractivity (Wildman–Crippen MR) is 63.0 cm³/mol. The number of phenols is 1. The van der Waals surface area contributed by atoms with E-state index in [1.165, 1.54) is 0 Å². The highest BCUT2D eigenvalue weighted by molar-refractivity contribution is 5.31. The summed E-state index contributed by atoms with van der Waals surface area (Å²) < 4.78 is 0. The topological polar surface area (TPSA) is 35.5 Å². The zero-order valence-electron chi connectivity index (χ0n) is 9.70. The van der Waals surface area contributed by atoms with Crippen molar-refractivity contribution in [2.75, 3.05) is 20.6 Å². The minimum Gasteiger partial charge on any atom is -0.508 e. The largest absolute Gasteiger partial charge is 0.508 e. The molecule has 0 aromatic heterocycles. The van der Waals surface area contributed by atoms with Crippen molar-refractivity contribution >= 4 is 0 Å². The fourth-order valence-corrected chi connectivity index (χ4v) is 1.26. The molecule has 0 spiro atoms. The molecule has 3 heteroatoms. The summed E-state index contributed by atoms with van der Waals surface area (Å²) in [5.41, 5.74) is 0.948. The van der Waals surface area contributed by atoms with Crippen LogP contribution in [0.3, 0.4) is 0 Å². The van der Waals surface area contributed by atoms with Gasteiger partial charge in [0.05, 0.1) is 0 Å². The van der Waals surface area contributed by atoms with E-state index in [2.05, 4.69) is 31.2 Å². The van der Waals surface area contributed by atoms with Crippen LogP contribution in [0.1, 0.15) is 12.5 Å². The number of likely N-dealkylation sites (N-methyl/N-ethyl adjacent to an activating group) is 1. The molecular weight excluding hydrogens is 188 g/mol. The maximum Gasteiger partial charge on any atom is 0.120 e. The quantitative estimate of drug-likeness (QED) is 0.768. The van der Waals surface area contributed by atoms with Crippen LogP contribution >= 0.6 is 0 Å². The number of hydrogen-bond donors (Lipinski definition) is 2. The molecule has 84 valence electrons. The van der Waals surface area contributed by atoms with Crippen LogP contribution in [0.25, 0.3) is 0 Å². The second kappa shape index (κ2) is 5.73. The Hall–Kier alpha value is -1.06. The van der Waals surface area contributed by atoms with Crippen LogP contribution in [0.15, 0.2) is 24.3 Å². The highest BCUT2D eigenvalue weighted by atomic mass is 16.3. The Morgan fingerprint density at radius 2 is 2.00 bits per heavy atom. The van der Waals surface area contributed by atoms with Crippen molar-refractivity contribution in [2.45, 2.75) is 19.5 Å². The summed E-state index contributed by atoms with van der Waals surface area (Å²) in [5, 5.41) is 12.9. The first kappa shape index (κ1) is 12.0. The van der Waals surface area contributed by atoms with Gasteiger partial charge in [-0.3, -0.25) is 0 Å². The average molecular weight is 208 g/mol. The molecule has 0 aliphatic heterocycles. The van der Waals surface area contributed by atoms with Crippen LogP contribution in [-0.2, 0) is 6.54 Å². The lowest BCUT2D eigenvalue weighted by Crippen LogP contribution is -2.35. The summed E-state index contributed by atoms with van der Waals surface area (Å²) in [7, 11) is 4.12. The van der Waals surface area contributed by atoms with Crippen molar-refractivity contribution in [3.63, 3.8) is 0 Å². The molecule has 0 aliphatic carbocycles. The molecule has 0 aliphatic rings. The van der Waals surface area contributed by atoms with Crippen molar-refractivity contribution in [1.82, 2.24) is 10.2 Å². The molecule has 1 unspecified atom stereocenters. The standard InChI is InChI=1S/C12H20N2O/c1-10(14(2)3)8-13-9-11-6-4-5-7-12(11)15/h4-7,10,13,15H,8-9H2,1-3H3. The van der Waals surface area contributed by atoms with E-state index in [1.807, 2.05) is 18.2 Å². The molecule has 0 bridgehead atoms. The maximum atomic E-state index is 9.53. The van der Waals surface area contributed by atoms with Crippen molar-refractivity contribution in [1.29, 1.82) is 0 Å². The van der Waals surface area contributed by atoms with E-state index in [-0.39, 0.29) is 0 Å². The highest BCUT2D eigenvalue weighted by Crippen LogP contribution is 2.14. The summed E-state index contributed by atoms with van der Waals surface area (Å²) in [6.07, 6.45) is 0. The van der Waals surface area contributed by atoms with Gasteiger partial charge in [-0.05, 0) is 27.1 Å². The molecule has 0 amide bonds. The summed E-state index contributed by atoms with van der Waals surface area (Å²) in [4.78, 5) is 2.16. The summed E-state index contributed by atoms with van der Waals surface area (Å²) in [5.74, 6) is 0.363. The van der Waals surface area contributed by atoms with Crippen molar-refractivity contribution in [2.24, 2.45) is 0 Å². The van der Waals surface area contributed by atoms with Crippen LogP contribution < -0.4 is 5.32 Å². The zero-order valence-corrected chi connectivity index (χ0v) is 9.70. The van der Waals surface area contributed by atoms with E-state index in [0.29, 0.717) is 18.3 Å². The van der Waals surface area contributed by atoms with Gasteiger partial charge >= 0.3 is 0 Å². The molecule has 2 N–H and O–H groups in total. The first-order valence-electron chi connectivity index (χ1n) is 5.25. The molecule has 0 saturated heterocycles. The number of phenolic OH excluding ortho intramolecular Hbond substituents is 1. The third-order valence-electron chi connectivity index (χ3n) is 2.63. The number of para-hydroxylation sites is 1. The SMILES string of the molecule is CC(CNCc1ccccc1O)N(C)C. The number of rotatable bonds is 5. The molecule has 1 aromatic carbocycles. The summed E-state index contributed by atoms with van der Waals surface area (Å²) >= 11 is 0. The Labute approximate surface area is 91.7 Å². The molecule has 0 fully saturated rings. The first-order chi connectivity index (χ1) is 7.11. The lowest BCUT2D eigenvalue weighted by molar-refractivity contribution is 0.302. The van der Waals surface area contributed by atoms with Gasteiger partial charge in [0, 0.05) is 24.7 Å². The Balaban J connectivity index is 2.35. The van der Waals surface area contributed by atoms with E-state index in [0.717, 1.165) is 12.1 Å². The fourth-order valence-electron chi connectivity index (χ4n) is 1.26. The van der Waals surface area contributed by atoms with Crippen molar-refractivity contribution in [3.8, 4) is 5.75 Å². The minimum absolute atomic E-state index is 0.363. The van der Waals surface area contributed by atoms with E-state index < -0.39 is 0 Å². The normalized spacial score (nSPS) is 13.1. The van der Waals surface area contributed by atoms with Gasteiger partial charge in [0.1, 0.15) is 5.75 Å². The smallest absolute Gasteiger partial charge is 0.120 e. The van der Waals surface area contributed by atoms with E-state index in [4.69, 9.17) is 0 Å². The molecule has 1 atom stereocenters. The Morgan fingerprint density at radius 3 is 2.60 bits per heavy atom. The van der Waals surface area contributed by atoms with E-state index >= 15 is 0 Å². The van der Waals surface area contributed by atoms with Gasteiger partial charge in [0.15, 0.2) is 0 Å². The Kier molecular flexibility index (Phi) is 4.59. The van der Waals surface area contributed by atoms with Crippen LogP contribution in [0.4, 0.5) is 0 Å². The number of hydrogen-bond acceptors (Lipinski definition) is 3. The predicted octanol–water partition coefficient (Wildman–Crippen LogP) is 1.43. The van der Waals surface area contributed by atoms with Crippen LogP contribution in [0.5, 0.6) is 5.75 Å². The monoisotopic (exact) mass is 208 g/mol. The molecular formula is C12H20N2O. The van der Waals surface area contributed by atoms with Gasteiger partial charge in [-0.15, -0.1) is 0 Å². The third kappa shape index (κ3) is 3.90. The number of aromatic hydroxyl groups is 1. The number of benzene rings is 1. The van der Waals surface area contributed by atoms with E-state index in [9.17, 15) is 5.11 Å². The van der Waals surface area contributed by atoms with Gasteiger partial charge in [-0.25, -0.2) is 0 Å². The maximum absolute atomic E-state index is 9.53. The summed E-state index contributed by atoms with van der Waals surface area (Å²) in [6, 6.07) is 7.92.